The molecule has 10 heteroatoms. The van der Waals surface area contributed by atoms with Gasteiger partial charge in [0.25, 0.3) is 5.91 Å². The second-order valence-corrected chi connectivity index (χ2v) is 9.15. The van der Waals surface area contributed by atoms with Crippen LogP contribution in [-0.2, 0) is 25.3 Å². The Morgan fingerprint density at radius 3 is 2.29 bits per heavy atom. The Balaban J connectivity index is 1.23. The fourth-order valence-electron chi connectivity index (χ4n) is 5.62. The van der Waals surface area contributed by atoms with Gasteiger partial charge in [-0.15, -0.1) is 0 Å². The number of anilines is 2. The fraction of sp³-hybridized carbons (Fsp3) is 0.360. The van der Waals surface area contributed by atoms with Gasteiger partial charge in [0.05, 0.1) is 28.7 Å². The number of rotatable bonds is 5. The van der Waals surface area contributed by atoms with Crippen molar-refractivity contribution < 1.29 is 37.1 Å². The molecule has 3 aliphatic rings. The number of ether oxygens (including phenoxy) is 1. The maximum absolute atomic E-state index is 13.0. The van der Waals surface area contributed by atoms with Crippen LogP contribution in [0.4, 0.5) is 24.5 Å². The number of carbonyl (C=O) groups excluding carboxylic acids is 4. The van der Waals surface area contributed by atoms with Crippen molar-refractivity contribution in [1.29, 1.82) is 0 Å². The standard InChI is InChI=1S/C25H21F3N2O5/c26-25(27,28)16-4-2-5-17(11-16)29-19(31)12-35-24(34)15-3-1-6-18(10-15)30-22(32)20-13-7-8-14(9-13)21(20)23(30)33/h1-6,10-11,13-14,20-21H,7-9,12H2,(H,29,31)/t13-,14-,20-,21+/m0/s1. The van der Waals surface area contributed by atoms with E-state index in [1.807, 2.05) is 0 Å². The van der Waals surface area contributed by atoms with Crippen molar-refractivity contribution in [2.24, 2.45) is 23.7 Å². The summed E-state index contributed by atoms with van der Waals surface area (Å²) in [5.41, 5.74) is -0.702. The summed E-state index contributed by atoms with van der Waals surface area (Å²) in [4.78, 5) is 51.7. The molecule has 2 aromatic rings. The molecule has 0 unspecified atom stereocenters. The Labute approximate surface area is 198 Å². The summed E-state index contributed by atoms with van der Waals surface area (Å²) in [6.45, 7) is -0.728. The van der Waals surface area contributed by atoms with E-state index >= 15 is 0 Å². The normalized spacial score (nSPS) is 25.1. The van der Waals surface area contributed by atoms with Crippen LogP contribution in [0.3, 0.4) is 0 Å². The number of nitrogens with zero attached hydrogens (tertiary/aromatic N) is 1. The quantitative estimate of drug-likeness (QED) is 0.509. The molecule has 35 heavy (non-hydrogen) atoms. The zero-order chi connectivity index (χ0) is 24.9. The number of alkyl halides is 3. The van der Waals surface area contributed by atoms with E-state index in [4.69, 9.17) is 4.74 Å². The van der Waals surface area contributed by atoms with E-state index in [0.717, 1.165) is 42.4 Å². The number of benzene rings is 2. The van der Waals surface area contributed by atoms with Gasteiger partial charge in [0.1, 0.15) is 0 Å². The van der Waals surface area contributed by atoms with Crippen LogP contribution in [0.2, 0.25) is 0 Å². The van der Waals surface area contributed by atoms with Crippen molar-refractivity contribution >= 4 is 35.1 Å². The van der Waals surface area contributed by atoms with E-state index in [9.17, 15) is 32.3 Å². The summed E-state index contributed by atoms with van der Waals surface area (Å²) in [6, 6.07) is 9.94. The van der Waals surface area contributed by atoms with Gasteiger partial charge >= 0.3 is 12.1 Å². The molecule has 5 rings (SSSR count). The predicted molar refractivity (Wildman–Crippen MR) is 117 cm³/mol. The number of nitrogens with one attached hydrogen (secondary N) is 1. The van der Waals surface area contributed by atoms with Crippen LogP contribution in [-0.4, -0.2) is 30.3 Å². The third-order valence-electron chi connectivity index (χ3n) is 7.08. The summed E-state index contributed by atoms with van der Waals surface area (Å²) in [6.07, 6.45) is -1.74. The lowest BCUT2D eigenvalue weighted by Gasteiger charge is -2.19. The molecule has 1 heterocycles. The van der Waals surface area contributed by atoms with Crippen molar-refractivity contribution in [2.75, 3.05) is 16.8 Å². The number of hydrogen-bond acceptors (Lipinski definition) is 5. The maximum atomic E-state index is 13.0. The molecule has 3 fully saturated rings. The van der Waals surface area contributed by atoms with Crippen LogP contribution in [0.25, 0.3) is 0 Å². The Morgan fingerprint density at radius 1 is 0.971 bits per heavy atom. The molecular formula is C25H21F3N2O5. The van der Waals surface area contributed by atoms with Gasteiger partial charge in [-0.1, -0.05) is 12.1 Å². The lowest BCUT2D eigenvalue weighted by Crippen LogP contribution is -2.32. The van der Waals surface area contributed by atoms with Crippen molar-refractivity contribution in [2.45, 2.75) is 25.4 Å². The second-order valence-electron chi connectivity index (χ2n) is 9.15. The number of halogens is 3. The maximum Gasteiger partial charge on any atom is 0.416 e. The average molecular weight is 486 g/mol. The van der Waals surface area contributed by atoms with E-state index in [0.29, 0.717) is 0 Å². The SMILES string of the molecule is O=C(COC(=O)c1cccc(N2C(=O)[C@@H]3[C@H]4CC[C@@H](C4)[C@@H]3C2=O)c1)Nc1cccc(C(F)(F)F)c1. The molecule has 1 aliphatic heterocycles. The molecule has 0 aromatic heterocycles. The molecular weight excluding hydrogens is 465 g/mol. The minimum absolute atomic E-state index is 0.0370. The fourth-order valence-corrected chi connectivity index (χ4v) is 5.62. The smallest absolute Gasteiger partial charge is 0.416 e. The van der Waals surface area contributed by atoms with Gasteiger partial charge in [0.15, 0.2) is 6.61 Å². The first kappa shape index (κ1) is 23.1. The lowest BCUT2D eigenvalue weighted by atomic mass is 9.81. The van der Waals surface area contributed by atoms with E-state index in [1.54, 1.807) is 6.07 Å². The van der Waals surface area contributed by atoms with Gasteiger partial charge in [-0.3, -0.25) is 19.3 Å². The van der Waals surface area contributed by atoms with Crippen LogP contribution in [0.15, 0.2) is 48.5 Å². The Bertz CT molecular complexity index is 1200. The zero-order valence-corrected chi connectivity index (χ0v) is 18.4. The number of esters is 1. The highest BCUT2D eigenvalue weighted by molar-refractivity contribution is 6.22. The second kappa shape index (κ2) is 8.51. The number of carbonyl (C=O) groups is 4. The Hall–Kier alpha value is -3.69. The Morgan fingerprint density at radius 2 is 1.63 bits per heavy atom. The van der Waals surface area contributed by atoms with Crippen LogP contribution in [0.1, 0.15) is 35.2 Å². The highest BCUT2D eigenvalue weighted by Gasteiger charge is 2.61. The summed E-state index contributed by atoms with van der Waals surface area (Å²) < 4.78 is 43.4. The van der Waals surface area contributed by atoms with Crippen molar-refractivity contribution in [3.05, 3.63) is 59.7 Å². The number of imide groups is 1. The molecule has 7 nitrogen and oxygen atoms in total. The summed E-state index contributed by atoms with van der Waals surface area (Å²) in [5, 5.41) is 2.25. The molecule has 2 aliphatic carbocycles. The number of fused-ring (bicyclic) bond motifs is 5. The summed E-state index contributed by atoms with van der Waals surface area (Å²) in [5.74, 6) is -2.29. The molecule has 2 bridgehead atoms. The molecule has 0 spiro atoms. The topological polar surface area (TPSA) is 92.8 Å². The van der Waals surface area contributed by atoms with Gasteiger partial charge in [-0.25, -0.2) is 4.79 Å². The van der Waals surface area contributed by atoms with Gasteiger partial charge < -0.3 is 10.1 Å². The average Bonchev–Trinajstić information content (AvgIpc) is 3.51. The highest BCUT2D eigenvalue weighted by atomic mass is 19.4. The Kier molecular flexibility index (Phi) is 5.61. The summed E-state index contributed by atoms with van der Waals surface area (Å²) in [7, 11) is 0. The molecule has 1 saturated heterocycles. The van der Waals surface area contributed by atoms with Crippen molar-refractivity contribution in [3.8, 4) is 0 Å². The zero-order valence-electron chi connectivity index (χ0n) is 18.4. The molecule has 4 atom stereocenters. The molecule has 1 N–H and O–H groups in total. The first-order valence-electron chi connectivity index (χ1n) is 11.3. The predicted octanol–water partition coefficient (Wildman–Crippen LogP) is 4.04. The number of hydrogen-bond donors (Lipinski definition) is 1. The molecule has 3 amide bonds. The first-order chi connectivity index (χ1) is 16.6. The van der Waals surface area contributed by atoms with Gasteiger partial charge in [-0.2, -0.15) is 13.2 Å². The largest absolute Gasteiger partial charge is 0.452 e. The van der Waals surface area contributed by atoms with Gasteiger partial charge in [0, 0.05) is 5.69 Å². The van der Waals surface area contributed by atoms with Crippen LogP contribution >= 0.6 is 0 Å². The minimum atomic E-state index is -4.56. The monoisotopic (exact) mass is 486 g/mol. The van der Waals surface area contributed by atoms with Crippen molar-refractivity contribution in [1.82, 2.24) is 0 Å². The summed E-state index contributed by atoms with van der Waals surface area (Å²) >= 11 is 0. The minimum Gasteiger partial charge on any atom is -0.452 e. The number of amides is 3. The van der Waals surface area contributed by atoms with E-state index in [2.05, 4.69) is 5.32 Å². The third-order valence-corrected chi connectivity index (χ3v) is 7.08. The molecule has 2 saturated carbocycles. The molecule has 2 aromatic carbocycles. The molecule has 182 valence electrons. The van der Waals surface area contributed by atoms with E-state index < -0.39 is 30.2 Å². The van der Waals surface area contributed by atoms with Gasteiger partial charge in [0.2, 0.25) is 11.8 Å². The first-order valence-corrected chi connectivity index (χ1v) is 11.3. The highest BCUT2D eigenvalue weighted by Crippen LogP contribution is 2.56. The third kappa shape index (κ3) is 4.17. The van der Waals surface area contributed by atoms with Gasteiger partial charge in [-0.05, 0) is 67.5 Å². The van der Waals surface area contributed by atoms with Crippen LogP contribution in [0.5, 0.6) is 0 Å². The van der Waals surface area contributed by atoms with Crippen LogP contribution < -0.4 is 10.2 Å². The van der Waals surface area contributed by atoms with Crippen molar-refractivity contribution in [3.63, 3.8) is 0 Å². The van der Waals surface area contributed by atoms with E-state index in [-0.39, 0.29) is 52.4 Å². The lowest BCUT2D eigenvalue weighted by molar-refractivity contribution is -0.137. The van der Waals surface area contributed by atoms with Crippen LogP contribution in [0, 0.1) is 23.7 Å². The van der Waals surface area contributed by atoms with E-state index in [1.165, 1.54) is 24.3 Å². The molecule has 0 radical (unpaired) electrons.